The molecule has 0 saturated carbocycles. The van der Waals surface area contributed by atoms with Crippen LogP contribution in [0.25, 0.3) is 0 Å². The van der Waals surface area contributed by atoms with Gasteiger partial charge >= 0.3 is 0 Å². The number of rotatable bonds is 1. The van der Waals surface area contributed by atoms with E-state index in [-0.39, 0.29) is 40.5 Å². The zero-order valence-corrected chi connectivity index (χ0v) is 11.1. The number of ether oxygens (including phenoxy) is 1. The fourth-order valence-corrected chi connectivity index (χ4v) is 1.41. The Morgan fingerprint density at radius 2 is 1.47 bits per heavy atom. The van der Waals surface area contributed by atoms with E-state index >= 15 is 0 Å². The molecule has 5 atom stereocenters. The summed E-state index contributed by atoms with van der Waals surface area (Å²) in [7, 11) is 0. The molecule has 1 aliphatic rings. The van der Waals surface area contributed by atoms with Gasteiger partial charge in [-0.15, -0.1) is 12.6 Å². The molecule has 0 aliphatic carbocycles. The summed E-state index contributed by atoms with van der Waals surface area (Å²) >= 11 is 3.81. The molecule has 0 aromatic heterocycles. The molecule has 0 amide bonds. The van der Waals surface area contributed by atoms with Crippen molar-refractivity contribution in [2.45, 2.75) is 29.9 Å². The van der Waals surface area contributed by atoms with Crippen molar-refractivity contribution in [2.24, 2.45) is 0 Å². The second-order valence-electron chi connectivity index (χ2n) is 2.72. The van der Waals surface area contributed by atoms with Crippen molar-refractivity contribution in [1.29, 1.82) is 0 Å². The topological polar surface area (TPSA) is 153 Å². The van der Waals surface area contributed by atoms with Crippen LogP contribution < -0.4 is 0 Å². The maximum atomic E-state index is 9.20. The molecule has 1 radical (unpaired) electrons. The van der Waals surface area contributed by atoms with E-state index in [4.69, 9.17) is 14.9 Å². The molecule has 0 spiro atoms. The first-order valence-corrected chi connectivity index (χ1v) is 4.08. The number of hydrogen-bond donors (Lipinski definition) is 5. The first-order chi connectivity index (χ1) is 5.57. The number of thiol groups is 1. The fraction of sp³-hybridized carbons (Fsp3) is 1.00. The van der Waals surface area contributed by atoms with E-state index < -0.39 is 36.5 Å². The van der Waals surface area contributed by atoms with E-state index in [0.29, 0.717) is 0 Å². The van der Waals surface area contributed by atoms with Crippen molar-refractivity contribution >= 4 is 42.2 Å². The minimum absolute atomic E-state index is 0. The van der Waals surface area contributed by atoms with Crippen molar-refractivity contribution in [2.75, 3.05) is 6.61 Å². The SMILES string of the molecule is O.O.OC[C@H]1O[C@@H](S)[C@H](O)[C@@H](O)[C@@H]1O.[Na]. The molecule has 1 fully saturated rings. The summed E-state index contributed by atoms with van der Waals surface area (Å²) in [6, 6.07) is 0. The van der Waals surface area contributed by atoms with Crippen LogP contribution in [-0.4, -0.2) is 97.4 Å². The third kappa shape index (κ3) is 4.84. The Morgan fingerprint density at radius 1 is 1.00 bits per heavy atom. The van der Waals surface area contributed by atoms with E-state index in [1.807, 2.05) is 0 Å². The molecule has 1 heterocycles. The van der Waals surface area contributed by atoms with Gasteiger partial charge in [0.1, 0.15) is 29.9 Å². The van der Waals surface area contributed by atoms with Gasteiger partial charge in [-0.25, -0.2) is 0 Å². The Kier molecular flexibility index (Phi) is 13.0. The van der Waals surface area contributed by atoms with Gasteiger partial charge in [-0.05, 0) is 0 Å². The second kappa shape index (κ2) is 9.14. The van der Waals surface area contributed by atoms with Crippen LogP contribution in [0.5, 0.6) is 0 Å². The maximum Gasteiger partial charge on any atom is 0.129 e. The van der Waals surface area contributed by atoms with Gasteiger partial charge in [0, 0.05) is 29.6 Å². The van der Waals surface area contributed by atoms with Crippen molar-refractivity contribution in [3.63, 3.8) is 0 Å². The molecule has 1 saturated heterocycles. The molecule has 0 bridgehead atoms. The van der Waals surface area contributed by atoms with Crippen LogP contribution in [0, 0.1) is 0 Å². The molecule has 0 aromatic rings. The van der Waals surface area contributed by atoms with Crippen LogP contribution in [0.4, 0.5) is 0 Å². The average Bonchev–Trinajstić information content (AvgIpc) is 2.08. The molecule has 0 unspecified atom stereocenters. The summed E-state index contributed by atoms with van der Waals surface area (Å²) in [5.41, 5.74) is -0.874. The summed E-state index contributed by atoms with van der Waals surface area (Å²) in [5, 5.41) is 36.2. The Labute approximate surface area is 114 Å². The van der Waals surface area contributed by atoms with E-state index in [2.05, 4.69) is 12.6 Å². The molecule has 1 rings (SSSR count). The summed E-state index contributed by atoms with van der Waals surface area (Å²) in [6.07, 6.45) is -4.70. The van der Waals surface area contributed by atoms with E-state index in [1.54, 1.807) is 0 Å². The van der Waals surface area contributed by atoms with Crippen LogP contribution in [0.1, 0.15) is 0 Å². The first-order valence-electron chi connectivity index (χ1n) is 3.56. The van der Waals surface area contributed by atoms with Crippen LogP contribution >= 0.6 is 12.6 Å². The molecule has 1 aliphatic heterocycles. The Hall–Kier alpha value is 1.07. The monoisotopic (exact) mass is 255 g/mol. The third-order valence-electron chi connectivity index (χ3n) is 1.87. The molecular formula is C6H16NaO7S. The van der Waals surface area contributed by atoms with Gasteiger partial charge in [0.25, 0.3) is 0 Å². The second-order valence-corrected chi connectivity index (χ2v) is 3.23. The molecule has 15 heavy (non-hydrogen) atoms. The van der Waals surface area contributed by atoms with Gasteiger partial charge in [-0.3, -0.25) is 0 Å². The number of aliphatic hydroxyl groups is 4. The zero-order chi connectivity index (χ0) is 9.30. The van der Waals surface area contributed by atoms with Crippen molar-refractivity contribution < 1.29 is 36.1 Å². The van der Waals surface area contributed by atoms with E-state index in [0.717, 1.165) is 0 Å². The summed E-state index contributed by atoms with van der Waals surface area (Å²) in [5.74, 6) is 0. The van der Waals surface area contributed by atoms with Gasteiger partial charge in [-0.2, -0.15) is 0 Å². The van der Waals surface area contributed by atoms with Crippen molar-refractivity contribution in [3.8, 4) is 0 Å². The van der Waals surface area contributed by atoms with Crippen LogP contribution in [-0.2, 0) is 4.74 Å². The normalized spacial score (nSPS) is 39.4. The predicted octanol–water partition coefficient (Wildman–Crippen LogP) is -4.31. The maximum absolute atomic E-state index is 9.20. The van der Waals surface area contributed by atoms with E-state index in [1.165, 1.54) is 0 Å². The average molecular weight is 255 g/mol. The Bertz CT molecular complexity index is 158. The number of aliphatic hydroxyl groups excluding tert-OH is 4. The van der Waals surface area contributed by atoms with Crippen LogP contribution in [0.3, 0.4) is 0 Å². The molecule has 7 nitrogen and oxygen atoms in total. The summed E-state index contributed by atoms with van der Waals surface area (Å²) in [6.45, 7) is -0.415. The van der Waals surface area contributed by atoms with E-state index in [9.17, 15) is 10.2 Å². The van der Waals surface area contributed by atoms with Gasteiger partial charge in [-0.1, -0.05) is 0 Å². The van der Waals surface area contributed by atoms with Gasteiger partial charge in [0.2, 0.25) is 0 Å². The minimum Gasteiger partial charge on any atom is -0.412 e. The summed E-state index contributed by atoms with van der Waals surface area (Å²) in [4.78, 5) is 0. The van der Waals surface area contributed by atoms with Crippen LogP contribution in [0.2, 0.25) is 0 Å². The smallest absolute Gasteiger partial charge is 0.129 e. The number of hydrogen-bond acceptors (Lipinski definition) is 6. The molecule has 9 heteroatoms. The van der Waals surface area contributed by atoms with Gasteiger partial charge in [0.05, 0.1) is 6.61 Å². The van der Waals surface area contributed by atoms with Gasteiger partial charge < -0.3 is 36.1 Å². The molecule has 0 aromatic carbocycles. The predicted molar refractivity (Wildman–Crippen MR) is 55.7 cm³/mol. The minimum atomic E-state index is -1.32. The third-order valence-corrected chi connectivity index (χ3v) is 2.29. The zero-order valence-electron chi connectivity index (χ0n) is 8.24. The van der Waals surface area contributed by atoms with Crippen molar-refractivity contribution in [1.82, 2.24) is 0 Å². The standard InChI is InChI=1S/C6H12O5S.Na.2H2O/c7-1-2-3(8)4(9)5(10)6(12)11-2;;;/h2-10,12H,1H2;;2*1H2/t2-,3-,4+,5-,6+;;;/m1.../s1. The molecule has 8 N–H and O–H groups in total. The quantitative estimate of drug-likeness (QED) is 0.237. The van der Waals surface area contributed by atoms with Gasteiger partial charge in [0.15, 0.2) is 0 Å². The Balaban J connectivity index is -0.000000480. The fourth-order valence-electron chi connectivity index (χ4n) is 1.08. The molecule has 89 valence electrons. The first kappa shape index (κ1) is 21.4. The summed E-state index contributed by atoms with van der Waals surface area (Å²) < 4.78 is 4.88. The van der Waals surface area contributed by atoms with Crippen LogP contribution in [0.15, 0.2) is 0 Å². The largest absolute Gasteiger partial charge is 0.412 e. The molecular weight excluding hydrogens is 239 g/mol. The van der Waals surface area contributed by atoms with Crippen molar-refractivity contribution in [3.05, 3.63) is 0 Å². The Morgan fingerprint density at radius 3 is 1.87 bits per heavy atom.